The van der Waals surface area contributed by atoms with E-state index in [4.69, 9.17) is 4.52 Å². The molecule has 1 aliphatic heterocycles. The zero-order valence-electron chi connectivity index (χ0n) is 14.2. The summed E-state index contributed by atoms with van der Waals surface area (Å²) in [6.07, 6.45) is 3.53. The van der Waals surface area contributed by atoms with Crippen LogP contribution >= 0.6 is 0 Å². The molecule has 2 N–H and O–H groups in total. The van der Waals surface area contributed by atoms with Crippen LogP contribution in [-0.4, -0.2) is 54.1 Å². The quantitative estimate of drug-likeness (QED) is 0.855. The van der Waals surface area contributed by atoms with Crippen LogP contribution in [-0.2, 0) is 0 Å². The SMILES string of the molecule is Cc1noc(C)c1NC(=O)N1[C@H](CO)CC[C@H]1c1nnnn1C1CC1. The average molecular weight is 347 g/mol. The van der Waals surface area contributed by atoms with Crippen molar-refractivity contribution >= 4 is 11.7 Å². The molecule has 0 spiro atoms. The van der Waals surface area contributed by atoms with Crippen LogP contribution in [0.25, 0.3) is 0 Å². The fourth-order valence-corrected chi connectivity index (χ4v) is 3.46. The standard InChI is InChI=1S/C15H21N7O3/c1-8-13(9(2)25-18-8)16-15(24)21-11(7-23)5-6-12(21)14-17-19-20-22(14)10-3-4-10/h10-12,23H,3-7H2,1-2H3,(H,16,24)/t11-,12-/m0/s1. The second-order valence-corrected chi connectivity index (χ2v) is 6.68. The Labute approximate surface area is 144 Å². The van der Waals surface area contributed by atoms with Gasteiger partial charge in [0.1, 0.15) is 11.4 Å². The van der Waals surface area contributed by atoms with Crippen molar-refractivity contribution in [1.82, 2.24) is 30.3 Å². The fourth-order valence-electron chi connectivity index (χ4n) is 3.46. The van der Waals surface area contributed by atoms with E-state index in [1.54, 1.807) is 18.7 Å². The average Bonchev–Trinajstić information content (AvgIpc) is 3.04. The van der Waals surface area contributed by atoms with Crippen LogP contribution in [0, 0.1) is 13.8 Å². The molecule has 1 saturated carbocycles. The van der Waals surface area contributed by atoms with Gasteiger partial charge in [0, 0.05) is 0 Å². The maximum atomic E-state index is 12.9. The minimum atomic E-state index is -0.304. The van der Waals surface area contributed by atoms with E-state index in [1.165, 1.54) is 0 Å². The molecule has 1 saturated heterocycles. The monoisotopic (exact) mass is 347 g/mol. The van der Waals surface area contributed by atoms with E-state index in [0.29, 0.717) is 41.8 Å². The molecule has 0 bridgehead atoms. The number of urea groups is 1. The highest BCUT2D eigenvalue weighted by Crippen LogP contribution is 2.40. The number of anilines is 1. The van der Waals surface area contributed by atoms with Crippen molar-refractivity contribution in [2.24, 2.45) is 0 Å². The molecule has 10 nitrogen and oxygen atoms in total. The minimum Gasteiger partial charge on any atom is -0.394 e. The van der Waals surface area contributed by atoms with Crippen molar-refractivity contribution in [3.63, 3.8) is 0 Å². The molecule has 2 atom stereocenters. The molecule has 2 aliphatic rings. The topological polar surface area (TPSA) is 122 Å². The molecule has 10 heteroatoms. The first-order valence-electron chi connectivity index (χ1n) is 8.51. The van der Waals surface area contributed by atoms with E-state index in [9.17, 15) is 9.90 Å². The second-order valence-electron chi connectivity index (χ2n) is 6.68. The highest BCUT2D eigenvalue weighted by Gasteiger charge is 2.42. The van der Waals surface area contributed by atoms with Crippen molar-refractivity contribution in [1.29, 1.82) is 0 Å². The third-order valence-corrected chi connectivity index (χ3v) is 4.92. The van der Waals surface area contributed by atoms with Crippen LogP contribution in [0.4, 0.5) is 10.5 Å². The lowest BCUT2D eigenvalue weighted by Crippen LogP contribution is -2.42. The largest absolute Gasteiger partial charge is 0.394 e. The highest BCUT2D eigenvalue weighted by molar-refractivity contribution is 5.91. The first-order valence-corrected chi connectivity index (χ1v) is 8.51. The van der Waals surface area contributed by atoms with Gasteiger partial charge in [0.25, 0.3) is 0 Å². The van der Waals surface area contributed by atoms with E-state index in [1.807, 2.05) is 4.68 Å². The molecule has 2 aromatic heterocycles. The smallest absolute Gasteiger partial charge is 0.322 e. The molecule has 2 amide bonds. The van der Waals surface area contributed by atoms with Crippen molar-refractivity contribution in [2.75, 3.05) is 11.9 Å². The van der Waals surface area contributed by atoms with E-state index in [0.717, 1.165) is 12.8 Å². The van der Waals surface area contributed by atoms with Crippen LogP contribution < -0.4 is 5.32 Å². The fraction of sp³-hybridized carbons (Fsp3) is 0.667. The predicted octanol–water partition coefficient (Wildman–Crippen LogP) is 1.34. The summed E-state index contributed by atoms with van der Waals surface area (Å²) in [5, 5.41) is 28.5. The zero-order valence-corrected chi connectivity index (χ0v) is 14.2. The molecule has 0 unspecified atom stereocenters. The number of amides is 2. The molecule has 2 aromatic rings. The lowest BCUT2D eigenvalue weighted by molar-refractivity contribution is 0.143. The summed E-state index contributed by atoms with van der Waals surface area (Å²) in [5.74, 6) is 1.23. The van der Waals surface area contributed by atoms with Crippen molar-refractivity contribution in [3.8, 4) is 0 Å². The number of nitrogens with one attached hydrogen (secondary N) is 1. The molecule has 134 valence electrons. The molecule has 2 fully saturated rings. The summed E-state index contributed by atoms with van der Waals surface area (Å²) in [6, 6.07) is -0.505. The highest BCUT2D eigenvalue weighted by atomic mass is 16.5. The number of hydrogen-bond donors (Lipinski definition) is 2. The van der Waals surface area contributed by atoms with Gasteiger partial charge in [-0.25, -0.2) is 9.48 Å². The number of aryl methyl sites for hydroxylation is 2. The second kappa shape index (κ2) is 6.10. The van der Waals surface area contributed by atoms with Gasteiger partial charge in [-0.1, -0.05) is 5.16 Å². The Morgan fingerprint density at radius 2 is 2.12 bits per heavy atom. The number of aromatic nitrogens is 5. The van der Waals surface area contributed by atoms with E-state index in [-0.39, 0.29) is 24.7 Å². The van der Waals surface area contributed by atoms with E-state index >= 15 is 0 Å². The normalized spacial score (nSPS) is 23.2. The number of aliphatic hydroxyl groups excluding tert-OH is 1. The van der Waals surface area contributed by atoms with Crippen LogP contribution in [0.15, 0.2) is 4.52 Å². The summed E-state index contributed by atoms with van der Waals surface area (Å²) in [4.78, 5) is 14.6. The number of aliphatic hydroxyl groups is 1. The lowest BCUT2D eigenvalue weighted by Gasteiger charge is -2.28. The number of carbonyl (C=O) groups is 1. The number of hydrogen-bond acceptors (Lipinski definition) is 7. The van der Waals surface area contributed by atoms with Crippen molar-refractivity contribution in [3.05, 3.63) is 17.3 Å². The van der Waals surface area contributed by atoms with Gasteiger partial charge in [0.2, 0.25) is 0 Å². The summed E-state index contributed by atoms with van der Waals surface area (Å²) in [5.41, 5.74) is 1.18. The lowest BCUT2D eigenvalue weighted by atomic mass is 10.2. The first kappa shape index (κ1) is 16.0. The molecule has 0 radical (unpaired) electrons. The summed E-state index contributed by atoms with van der Waals surface area (Å²) in [7, 11) is 0. The van der Waals surface area contributed by atoms with Gasteiger partial charge in [0.05, 0.1) is 24.7 Å². The summed E-state index contributed by atoms with van der Waals surface area (Å²) < 4.78 is 6.92. The molecular formula is C15H21N7O3. The molecule has 1 aliphatic carbocycles. The number of tetrazole rings is 1. The predicted molar refractivity (Wildman–Crippen MR) is 85.8 cm³/mol. The molecule has 0 aromatic carbocycles. The molecule has 3 heterocycles. The number of carbonyl (C=O) groups excluding carboxylic acids is 1. The minimum absolute atomic E-state index is 0.101. The maximum absolute atomic E-state index is 12.9. The van der Waals surface area contributed by atoms with Crippen LogP contribution in [0.5, 0.6) is 0 Å². The molecular weight excluding hydrogens is 326 g/mol. The third kappa shape index (κ3) is 2.76. The van der Waals surface area contributed by atoms with Gasteiger partial charge in [-0.15, -0.1) is 5.10 Å². The van der Waals surface area contributed by atoms with Gasteiger partial charge in [-0.05, 0) is 50.0 Å². The Morgan fingerprint density at radius 3 is 2.76 bits per heavy atom. The van der Waals surface area contributed by atoms with Crippen LogP contribution in [0.2, 0.25) is 0 Å². The number of nitrogens with zero attached hydrogens (tertiary/aromatic N) is 6. The van der Waals surface area contributed by atoms with Gasteiger partial charge in [-0.3, -0.25) is 0 Å². The Morgan fingerprint density at radius 1 is 1.32 bits per heavy atom. The van der Waals surface area contributed by atoms with E-state index in [2.05, 4.69) is 26.0 Å². The van der Waals surface area contributed by atoms with Crippen molar-refractivity contribution < 1.29 is 14.4 Å². The Hall–Kier alpha value is -2.49. The van der Waals surface area contributed by atoms with Gasteiger partial charge in [-0.2, -0.15) is 0 Å². The Bertz CT molecular complexity index is 762. The first-order chi connectivity index (χ1) is 12.1. The summed E-state index contributed by atoms with van der Waals surface area (Å²) in [6.45, 7) is 3.41. The Balaban J connectivity index is 1.61. The number of likely N-dealkylation sites (tertiary alicyclic amines) is 1. The van der Waals surface area contributed by atoms with Crippen LogP contribution in [0.1, 0.15) is 55.0 Å². The van der Waals surface area contributed by atoms with Gasteiger partial charge < -0.3 is 19.8 Å². The Kier molecular flexibility index (Phi) is 3.91. The van der Waals surface area contributed by atoms with Gasteiger partial charge >= 0.3 is 6.03 Å². The molecule has 4 rings (SSSR count). The van der Waals surface area contributed by atoms with Crippen molar-refractivity contribution in [2.45, 2.75) is 57.7 Å². The number of rotatable bonds is 4. The summed E-state index contributed by atoms with van der Waals surface area (Å²) >= 11 is 0. The van der Waals surface area contributed by atoms with Crippen LogP contribution in [0.3, 0.4) is 0 Å². The van der Waals surface area contributed by atoms with Gasteiger partial charge in [0.15, 0.2) is 11.6 Å². The maximum Gasteiger partial charge on any atom is 0.322 e. The van der Waals surface area contributed by atoms with E-state index < -0.39 is 0 Å². The molecule has 25 heavy (non-hydrogen) atoms. The zero-order chi connectivity index (χ0) is 17.6. The third-order valence-electron chi connectivity index (χ3n) is 4.92.